The summed E-state index contributed by atoms with van der Waals surface area (Å²) in [6, 6.07) is 14.7. The third-order valence-corrected chi connectivity index (χ3v) is 2.49. The van der Waals surface area contributed by atoms with Crippen LogP contribution in [0.15, 0.2) is 48.5 Å². The Bertz CT molecular complexity index is 495. The van der Waals surface area contributed by atoms with E-state index in [9.17, 15) is 5.11 Å². The Morgan fingerprint density at radius 3 is 2.41 bits per heavy atom. The number of aliphatic hydroxyl groups excluding tert-OH is 1. The molecule has 0 unspecified atom stereocenters. The van der Waals surface area contributed by atoms with Gasteiger partial charge < -0.3 is 15.6 Å². The van der Waals surface area contributed by atoms with Gasteiger partial charge in [0, 0.05) is 0 Å². The van der Waals surface area contributed by atoms with E-state index in [1.165, 1.54) is 0 Å². The van der Waals surface area contributed by atoms with Crippen LogP contribution in [-0.2, 0) is 0 Å². The molecule has 3 heteroatoms. The van der Waals surface area contributed by atoms with Gasteiger partial charge in [-0.3, -0.25) is 0 Å². The minimum absolute atomic E-state index is 0.521. The fourth-order valence-electron chi connectivity index (χ4n) is 1.54. The van der Waals surface area contributed by atoms with Gasteiger partial charge in [0.05, 0.1) is 11.8 Å². The van der Waals surface area contributed by atoms with Crippen molar-refractivity contribution in [2.75, 3.05) is 5.73 Å². The number of aliphatic hydroxyl groups is 1. The van der Waals surface area contributed by atoms with Crippen molar-refractivity contribution in [3.63, 3.8) is 0 Å². The van der Waals surface area contributed by atoms with Crippen LogP contribution < -0.4 is 10.5 Å². The fraction of sp³-hybridized carbons (Fsp3) is 0.143. The lowest BCUT2D eigenvalue weighted by Crippen LogP contribution is -1.96. The first kappa shape index (κ1) is 11.5. The van der Waals surface area contributed by atoms with Gasteiger partial charge in [0.15, 0.2) is 0 Å². The van der Waals surface area contributed by atoms with Crippen molar-refractivity contribution in [1.29, 1.82) is 0 Å². The molecule has 0 radical (unpaired) electrons. The molecule has 2 aromatic carbocycles. The Hall–Kier alpha value is -2.00. The van der Waals surface area contributed by atoms with E-state index in [2.05, 4.69) is 0 Å². The number of nitrogens with two attached hydrogens (primary N) is 1. The van der Waals surface area contributed by atoms with Crippen molar-refractivity contribution >= 4 is 5.69 Å². The number of ether oxygens (including phenoxy) is 1. The number of hydrogen-bond acceptors (Lipinski definition) is 3. The van der Waals surface area contributed by atoms with Crippen molar-refractivity contribution in [2.45, 2.75) is 13.0 Å². The molecule has 0 saturated carbocycles. The smallest absolute Gasteiger partial charge is 0.150 e. The predicted octanol–water partition coefficient (Wildman–Crippen LogP) is 3.11. The molecule has 0 bridgehead atoms. The highest BCUT2D eigenvalue weighted by molar-refractivity contribution is 5.56. The van der Waals surface area contributed by atoms with E-state index >= 15 is 0 Å². The third kappa shape index (κ3) is 2.77. The third-order valence-electron chi connectivity index (χ3n) is 2.49. The molecule has 0 fully saturated rings. The Labute approximate surface area is 100 Å². The number of para-hydroxylation sites is 1. The minimum Gasteiger partial charge on any atom is -0.455 e. The molecule has 0 amide bonds. The normalized spacial score (nSPS) is 12.1. The maximum Gasteiger partial charge on any atom is 0.150 e. The first-order valence-corrected chi connectivity index (χ1v) is 5.47. The lowest BCUT2D eigenvalue weighted by atomic mass is 10.1. The second-order valence-electron chi connectivity index (χ2n) is 3.89. The molecule has 2 rings (SSSR count). The highest BCUT2D eigenvalue weighted by Crippen LogP contribution is 2.29. The summed E-state index contributed by atoms with van der Waals surface area (Å²) < 4.78 is 5.64. The number of hydrogen-bond donors (Lipinski definition) is 2. The number of rotatable bonds is 3. The van der Waals surface area contributed by atoms with Crippen molar-refractivity contribution in [2.24, 2.45) is 0 Å². The number of anilines is 1. The molecule has 17 heavy (non-hydrogen) atoms. The molecule has 0 aliphatic heterocycles. The van der Waals surface area contributed by atoms with E-state index in [0.717, 1.165) is 11.3 Å². The lowest BCUT2D eigenvalue weighted by Gasteiger charge is -2.11. The summed E-state index contributed by atoms with van der Waals surface area (Å²) in [5.41, 5.74) is 7.17. The highest BCUT2D eigenvalue weighted by atomic mass is 16.5. The number of nitrogen functional groups attached to an aromatic ring is 1. The van der Waals surface area contributed by atoms with Crippen LogP contribution in [0.1, 0.15) is 18.6 Å². The van der Waals surface area contributed by atoms with Gasteiger partial charge in [0.25, 0.3) is 0 Å². The molecule has 2 aromatic rings. The quantitative estimate of drug-likeness (QED) is 0.795. The van der Waals surface area contributed by atoms with Crippen LogP contribution in [0.2, 0.25) is 0 Å². The van der Waals surface area contributed by atoms with Crippen molar-refractivity contribution in [1.82, 2.24) is 0 Å². The predicted molar refractivity (Wildman–Crippen MR) is 68.0 cm³/mol. The van der Waals surface area contributed by atoms with Crippen LogP contribution >= 0.6 is 0 Å². The van der Waals surface area contributed by atoms with Gasteiger partial charge in [0.1, 0.15) is 11.5 Å². The van der Waals surface area contributed by atoms with Gasteiger partial charge in [0.2, 0.25) is 0 Å². The first-order valence-electron chi connectivity index (χ1n) is 5.47. The molecule has 0 aliphatic rings. The van der Waals surface area contributed by atoms with Gasteiger partial charge in [-0.25, -0.2) is 0 Å². The topological polar surface area (TPSA) is 55.5 Å². The summed E-state index contributed by atoms with van der Waals surface area (Å²) in [6.45, 7) is 1.70. The van der Waals surface area contributed by atoms with E-state index in [0.29, 0.717) is 11.4 Å². The zero-order chi connectivity index (χ0) is 12.3. The van der Waals surface area contributed by atoms with Crippen LogP contribution in [0.3, 0.4) is 0 Å². The first-order chi connectivity index (χ1) is 8.16. The van der Waals surface area contributed by atoms with E-state index in [1.807, 2.05) is 30.3 Å². The molecular weight excluding hydrogens is 214 g/mol. The van der Waals surface area contributed by atoms with Crippen molar-refractivity contribution in [3.05, 3.63) is 54.1 Å². The maximum atomic E-state index is 9.43. The van der Waals surface area contributed by atoms with Crippen LogP contribution in [0.5, 0.6) is 11.5 Å². The molecule has 1 atom stereocenters. The summed E-state index contributed by atoms with van der Waals surface area (Å²) in [4.78, 5) is 0. The Morgan fingerprint density at radius 2 is 1.82 bits per heavy atom. The summed E-state index contributed by atoms with van der Waals surface area (Å²) in [7, 11) is 0. The van der Waals surface area contributed by atoms with E-state index in [4.69, 9.17) is 10.5 Å². The van der Waals surface area contributed by atoms with E-state index in [-0.39, 0.29) is 0 Å². The van der Waals surface area contributed by atoms with Gasteiger partial charge in [-0.1, -0.05) is 24.3 Å². The minimum atomic E-state index is -0.525. The number of benzene rings is 2. The molecule has 3 nitrogen and oxygen atoms in total. The molecule has 88 valence electrons. The SMILES string of the molecule is C[C@H](O)c1ccc(Oc2ccccc2)c(N)c1. The second-order valence-corrected chi connectivity index (χ2v) is 3.89. The molecule has 0 aromatic heterocycles. The Balaban J connectivity index is 2.23. The zero-order valence-electron chi connectivity index (χ0n) is 9.63. The van der Waals surface area contributed by atoms with E-state index < -0.39 is 6.10 Å². The summed E-state index contributed by atoms with van der Waals surface area (Å²) in [5.74, 6) is 1.34. The Kier molecular flexibility index (Phi) is 3.30. The van der Waals surface area contributed by atoms with Gasteiger partial charge >= 0.3 is 0 Å². The van der Waals surface area contributed by atoms with E-state index in [1.54, 1.807) is 25.1 Å². The van der Waals surface area contributed by atoms with Crippen LogP contribution in [0.4, 0.5) is 5.69 Å². The molecule has 0 spiro atoms. The summed E-state index contributed by atoms with van der Waals surface area (Å²) in [6.07, 6.45) is -0.525. The zero-order valence-corrected chi connectivity index (χ0v) is 9.63. The summed E-state index contributed by atoms with van der Waals surface area (Å²) in [5, 5.41) is 9.43. The van der Waals surface area contributed by atoms with Gasteiger partial charge in [-0.2, -0.15) is 0 Å². The van der Waals surface area contributed by atoms with Crippen LogP contribution in [0, 0.1) is 0 Å². The highest BCUT2D eigenvalue weighted by Gasteiger charge is 2.06. The largest absolute Gasteiger partial charge is 0.455 e. The maximum absolute atomic E-state index is 9.43. The average Bonchev–Trinajstić information content (AvgIpc) is 2.33. The summed E-state index contributed by atoms with van der Waals surface area (Å²) >= 11 is 0. The standard InChI is InChI=1S/C14H15NO2/c1-10(16)11-7-8-14(13(15)9-11)17-12-5-3-2-4-6-12/h2-10,16H,15H2,1H3/t10-/m0/s1. The van der Waals surface area contributed by atoms with Gasteiger partial charge in [-0.15, -0.1) is 0 Å². The monoisotopic (exact) mass is 229 g/mol. The average molecular weight is 229 g/mol. The molecule has 3 N–H and O–H groups in total. The van der Waals surface area contributed by atoms with Gasteiger partial charge in [-0.05, 0) is 36.8 Å². The van der Waals surface area contributed by atoms with Crippen molar-refractivity contribution < 1.29 is 9.84 Å². The second kappa shape index (κ2) is 4.89. The fourth-order valence-corrected chi connectivity index (χ4v) is 1.54. The van der Waals surface area contributed by atoms with Crippen LogP contribution in [0.25, 0.3) is 0 Å². The molecular formula is C14H15NO2. The van der Waals surface area contributed by atoms with Crippen molar-refractivity contribution in [3.8, 4) is 11.5 Å². The lowest BCUT2D eigenvalue weighted by molar-refractivity contribution is 0.199. The molecule has 0 aliphatic carbocycles. The molecule has 0 saturated heterocycles. The molecule has 0 heterocycles. The van der Waals surface area contributed by atoms with Crippen LogP contribution in [-0.4, -0.2) is 5.11 Å². The Morgan fingerprint density at radius 1 is 1.12 bits per heavy atom.